The normalized spacial score (nSPS) is 16.3. The summed E-state index contributed by atoms with van der Waals surface area (Å²) in [5.41, 5.74) is 2.51. The van der Waals surface area contributed by atoms with Gasteiger partial charge in [-0.15, -0.1) is 0 Å². The number of aliphatic hydroxyl groups excluding tert-OH is 1. The number of carbonyl (C=O) groups is 1. The number of likely N-dealkylation sites (tertiary alicyclic amines) is 1. The molecule has 1 saturated heterocycles. The maximum absolute atomic E-state index is 12.8. The molecule has 0 bridgehead atoms. The van der Waals surface area contributed by atoms with E-state index in [4.69, 9.17) is 4.42 Å². The molecule has 1 unspecified atom stereocenters. The molecule has 0 aliphatic carbocycles. The van der Waals surface area contributed by atoms with E-state index >= 15 is 0 Å². The maximum Gasteiger partial charge on any atom is 0.253 e. The maximum atomic E-state index is 12.8. The van der Waals surface area contributed by atoms with Crippen LogP contribution in [-0.2, 0) is 0 Å². The Balaban J connectivity index is 1.37. The zero-order chi connectivity index (χ0) is 18.6. The first-order valence-electron chi connectivity index (χ1n) is 9.23. The van der Waals surface area contributed by atoms with Crippen molar-refractivity contribution in [2.45, 2.75) is 18.9 Å². The Morgan fingerprint density at radius 3 is 2.41 bits per heavy atom. The molecule has 1 aliphatic rings. The number of carbonyl (C=O) groups excluding carboxylic acids is 1. The second-order valence-corrected chi connectivity index (χ2v) is 6.93. The highest BCUT2D eigenvalue weighted by Gasteiger charge is 2.28. The van der Waals surface area contributed by atoms with Gasteiger partial charge in [-0.1, -0.05) is 42.5 Å². The van der Waals surface area contributed by atoms with E-state index in [1.165, 1.54) is 6.39 Å². The molecule has 0 spiro atoms. The topological polar surface area (TPSA) is 66.6 Å². The molecular formula is C22H22N2O3. The van der Waals surface area contributed by atoms with E-state index in [9.17, 15) is 9.90 Å². The average Bonchev–Trinajstić information content (AvgIpc) is 3.28. The first-order chi connectivity index (χ1) is 13.2. The van der Waals surface area contributed by atoms with Crippen LogP contribution in [0.2, 0.25) is 0 Å². The highest BCUT2D eigenvalue weighted by atomic mass is 16.3. The molecule has 0 radical (unpaired) electrons. The molecule has 1 aliphatic heterocycles. The van der Waals surface area contributed by atoms with Crippen molar-refractivity contribution in [1.82, 2.24) is 9.88 Å². The molecule has 1 fully saturated rings. The minimum absolute atomic E-state index is 0.0340. The molecule has 1 N–H and O–H groups in total. The number of aliphatic hydroxyl groups is 1. The van der Waals surface area contributed by atoms with Crippen molar-refractivity contribution in [3.05, 3.63) is 78.3 Å². The quantitative estimate of drug-likeness (QED) is 0.764. The third kappa shape index (κ3) is 3.78. The first kappa shape index (κ1) is 17.5. The molecular weight excluding hydrogens is 340 g/mol. The van der Waals surface area contributed by atoms with Crippen LogP contribution in [0, 0.1) is 5.92 Å². The molecule has 138 valence electrons. The Hall–Kier alpha value is -2.92. The van der Waals surface area contributed by atoms with Gasteiger partial charge in [0.15, 0.2) is 12.2 Å². The van der Waals surface area contributed by atoms with Gasteiger partial charge in [0.25, 0.3) is 5.91 Å². The van der Waals surface area contributed by atoms with Gasteiger partial charge in [0.1, 0.15) is 0 Å². The Morgan fingerprint density at radius 1 is 1.07 bits per heavy atom. The molecule has 1 aromatic heterocycles. The van der Waals surface area contributed by atoms with E-state index < -0.39 is 6.10 Å². The van der Waals surface area contributed by atoms with E-state index in [0.29, 0.717) is 24.4 Å². The van der Waals surface area contributed by atoms with Crippen LogP contribution in [0.25, 0.3) is 11.3 Å². The number of hydrogen-bond donors (Lipinski definition) is 1. The number of benzene rings is 2. The summed E-state index contributed by atoms with van der Waals surface area (Å²) in [4.78, 5) is 18.6. The van der Waals surface area contributed by atoms with Gasteiger partial charge in [-0.25, -0.2) is 4.98 Å². The second-order valence-electron chi connectivity index (χ2n) is 6.93. The van der Waals surface area contributed by atoms with E-state index in [-0.39, 0.29) is 11.8 Å². The van der Waals surface area contributed by atoms with Gasteiger partial charge in [0.2, 0.25) is 0 Å². The smallest absolute Gasteiger partial charge is 0.253 e. The van der Waals surface area contributed by atoms with E-state index in [1.54, 1.807) is 6.20 Å². The van der Waals surface area contributed by atoms with Crippen LogP contribution in [-0.4, -0.2) is 34.0 Å². The van der Waals surface area contributed by atoms with Crippen molar-refractivity contribution in [3.63, 3.8) is 0 Å². The molecule has 2 aromatic carbocycles. The third-order valence-corrected chi connectivity index (χ3v) is 5.26. The van der Waals surface area contributed by atoms with Crippen molar-refractivity contribution >= 4 is 5.91 Å². The van der Waals surface area contributed by atoms with Crippen LogP contribution in [0.15, 0.2) is 71.6 Å². The summed E-state index contributed by atoms with van der Waals surface area (Å²) in [5, 5.41) is 10.6. The van der Waals surface area contributed by atoms with E-state index in [1.807, 2.05) is 59.5 Å². The minimum Gasteiger partial charge on any atom is -0.444 e. The monoisotopic (exact) mass is 362 g/mol. The number of rotatable bonds is 4. The van der Waals surface area contributed by atoms with E-state index in [2.05, 4.69) is 4.98 Å². The molecule has 5 nitrogen and oxygen atoms in total. The number of aromatic nitrogens is 1. The fourth-order valence-corrected chi connectivity index (χ4v) is 3.66. The molecule has 1 atom stereocenters. The Bertz CT molecular complexity index is 868. The average molecular weight is 362 g/mol. The standard InChI is InChI=1S/C22H22N2O3/c25-21(17-4-2-1-3-5-17)18-10-12-24(13-11-18)22(26)19-8-6-16(7-9-19)20-14-23-15-27-20/h1-9,14-15,18,21,25H,10-13H2. The summed E-state index contributed by atoms with van der Waals surface area (Å²) in [6, 6.07) is 17.1. The summed E-state index contributed by atoms with van der Waals surface area (Å²) in [6.45, 7) is 1.33. The summed E-state index contributed by atoms with van der Waals surface area (Å²) >= 11 is 0. The highest BCUT2D eigenvalue weighted by molar-refractivity contribution is 5.94. The summed E-state index contributed by atoms with van der Waals surface area (Å²) in [5.74, 6) is 0.904. The lowest BCUT2D eigenvalue weighted by molar-refractivity contribution is 0.0462. The molecule has 0 saturated carbocycles. The van der Waals surface area contributed by atoms with Crippen molar-refractivity contribution in [3.8, 4) is 11.3 Å². The highest BCUT2D eigenvalue weighted by Crippen LogP contribution is 2.31. The van der Waals surface area contributed by atoms with Gasteiger partial charge in [0.05, 0.1) is 12.3 Å². The van der Waals surface area contributed by atoms with Gasteiger partial charge in [0, 0.05) is 24.2 Å². The summed E-state index contributed by atoms with van der Waals surface area (Å²) in [6.07, 6.45) is 4.18. The number of piperidine rings is 1. The lowest BCUT2D eigenvalue weighted by Crippen LogP contribution is -2.39. The van der Waals surface area contributed by atoms with Crippen LogP contribution < -0.4 is 0 Å². The molecule has 5 heteroatoms. The van der Waals surface area contributed by atoms with Crippen LogP contribution in [0.1, 0.15) is 34.9 Å². The number of hydrogen-bond acceptors (Lipinski definition) is 4. The zero-order valence-electron chi connectivity index (χ0n) is 15.0. The molecule has 4 rings (SSSR count). The Labute approximate surface area is 158 Å². The van der Waals surface area contributed by atoms with Crippen molar-refractivity contribution in [2.75, 3.05) is 13.1 Å². The fraction of sp³-hybridized carbons (Fsp3) is 0.273. The first-order valence-corrected chi connectivity index (χ1v) is 9.23. The van der Waals surface area contributed by atoms with Crippen LogP contribution in [0.3, 0.4) is 0 Å². The predicted octanol–water partition coefficient (Wildman–Crippen LogP) is 3.93. The SMILES string of the molecule is O=C(c1ccc(-c2cnco2)cc1)N1CCC(C(O)c2ccccc2)CC1. The summed E-state index contributed by atoms with van der Waals surface area (Å²) < 4.78 is 5.28. The Morgan fingerprint density at radius 2 is 1.78 bits per heavy atom. The van der Waals surface area contributed by atoms with E-state index in [0.717, 1.165) is 24.0 Å². The lowest BCUT2D eigenvalue weighted by atomic mass is 9.87. The molecule has 2 heterocycles. The van der Waals surface area contributed by atoms with Crippen molar-refractivity contribution < 1.29 is 14.3 Å². The van der Waals surface area contributed by atoms with Crippen LogP contribution in [0.5, 0.6) is 0 Å². The Kier molecular flexibility index (Phi) is 5.03. The predicted molar refractivity (Wildman–Crippen MR) is 102 cm³/mol. The van der Waals surface area contributed by atoms with Gasteiger partial charge in [-0.3, -0.25) is 4.79 Å². The molecule has 27 heavy (non-hydrogen) atoms. The van der Waals surface area contributed by atoms with Gasteiger partial charge >= 0.3 is 0 Å². The minimum atomic E-state index is -0.468. The largest absolute Gasteiger partial charge is 0.444 e. The number of oxazole rings is 1. The molecule has 1 amide bonds. The van der Waals surface area contributed by atoms with Crippen molar-refractivity contribution in [2.24, 2.45) is 5.92 Å². The fourth-order valence-electron chi connectivity index (χ4n) is 3.66. The lowest BCUT2D eigenvalue weighted by Gasteiger charge is -2.34. The van der Waals surface area contributed by atoms with Gasteiger partial charge in [-0.05, 0) is 36.5 Å². The van der Waals surface area contributed by atoms with Crippen LogP contribution in [0.4, 0.5) is 0 Å². The van der Waals surface area contributed by atoms with Crippen LogP contribution >= 0.6 is 0 Å². The second kappa shape index (κ2) is 7.76. The van der Waals surface area contributed by atoms with Crippen molar-refractivity contribution in [1.29, 1.82) is 0 Å². The third-order valence-electron chi connectivity index (χ3n) is 5.26. The summed E-state index contributed by atoms with van der Waals surface area (Å²) in [7, 11) is 0. The van der Waals surface area contributed by atoms with Gasteiger partial charge in [-0.2, -0.15) is 0 Å². The number of nitrogens with zero attached hydrogens (tertiary/aromatic N) is 2. The molecule has 3 aromatic rings. The van der Waals surface area contributed by atoms with Gasteiger partial charge < -0.3 is 14.4 Å². The zero-order valence-corrected chi connectivity index (χ0v) is 15.0. The number of amides is 1.